The van der Waals surface area contributed by atoms with Gasteiger partial charge in [-0.3, -0.25) is 9.59 Å². The van der Waals surface area contributed by atoms with Gasteiger partial charge in [0.25, 0.3) is 0 Å². The van der Waals surface area contributed by atoms with E-state index in [-0.39, 0.29) is 24.2 Å². The molecular formula is C19H27NO3. The van der Waals surface area contributed by atoms with Crippen LogP contribution in [0.5, 0.6) is 0 Å². The van der Waals surface area contributed by atoms with E-state index in [9.17, 15) is 9.59 Å². The number of hydrogen-bond donors (Lipinski definition) is 1. The van der Waals surface area contributed by atoms with Crippen molar-refractivity contribution in [1.29, 1.82) is 0 Å². The van der Waals surface area contributed by atoms with E-state index < -0.39 is 6.04 Å². The molecule has 0 saturated carbocycles. The zero-order valence-electron chi connectivity index (χ0n) is 14.4. The minimum absolute atomic E-state index is 0.0203. The van der Waals surface area contributed by atoms with Gasteiger partial charge in [-0.15, -0.1) is 0 Å². The van der Waals surface area contributed by atoms with Crippen LogP contribution >= 0.6 is 0 Å². The highest BCUT2D eigenvalue weighted by molar-refractivity contribution is 6.02. The van der Waals surface area contributed by atoms with Crippen molar-refractivity contribution < 1.29 is 14.3 Å². The lowest BCUT2D eigenvalue weighted by Gasteiger charge is -2.21. The average Bonchev–Trinajstić information content (AvgIpc) is 3.01. The van der Waals surface area contributed by atoms with E-state index in [1.54, 1.807) is 6.92 Å². The zero-order chi connectivity index (χ0) is 16.8. The van der Waals surface area contributed by atoms with Crippen LogP contribution in [0.15, 0.2) is 18.2 Å². The van der Waals surface area contributed by atoms with Crippen LogP contribution in [0.1, 0.15) is 61.5 Å². The van der Waals surface area contributed by atoms with Crippen LogP contribution in [0.3, 0.4) is 0 Å². The van der Waals surface area contributed by atoms with Gasteiger partial charge in [-0.1, -0.05) is 19.1 Å². The molecule has 1 aliphatic rings. The summed E-state index contributed by atoms with van der Waals surface area (Å²) >= 11 is 0. The number of carbonyl (C=O) groups is 2. The molecule has 1 aliphatic carbocycles. The van der Waals surface area contributed by atoms with Crippen LogP contribution < -0.4 is 5.32 Å². The van der Waals surface area contributed by atoms with Crippen molar-refractivity contribution in [3.8, 4) is 0 Å². The van der Waals surface area contributed by atoms with Crippen LogP contribution in [0, 0.1) is 0 Å². The number of benzene rings is 1. The number of aryl methyl sites for hydroxylation is 2. The molecule has 2 rings (SSSR count). The SMILES string of the molecule is CCOC(=O)CC(NC(C)CC)C(=O)c1ccc2c(c1)CCC2. The fourth-order valence-corrected chi connectivity index (χ4v) is 3.00. The summed E-state index contributed by atoms with van der Waals surface area (Å²) in [6.45, 7) is 6.19. The second kappa shape index (κ2) is 8.25. The highest BCUT2D eigenvalue weighted by atomic mass is 16.5. The van der Waals surface area contributed by atoms with Crippen molar-refractivity contribution in [2.75, 3.05) is 6.61 Å². The number of esters is 1. The van der Waals surface area contributed by atoms with Gasteiger partial charge < -0.3 is 10.1 Å². The Morgan fingerprint density at radius 1 is 1.22 bits per heavy atom. The van der Waals surface area contributed by atoms with Crippen molar-refractivity contribution in [3.63, 3.8) is 0 Å². The molecule has 0 saturated heterocycles. The molecule has 0 heterocycles. The second-order valence-corrected chi connectivity index (χ2v) is 6.24. The maximum absolute atomic E-state index is 12.9. The fourth-order valence-electron chi connectivity index (χ4n) is 3.00. The van der Waals surface area contributed by atoms with Gasteiger partial charge in [0, 0.05) is 11.6 Å². The topological polar surface area (TPSA) is 55.4 Å². The van der Waals surface area contributed by atoms with Crippen molar-refractivity contribution in [1.82, 2.24) is 5.32 Å². The summed E-state index contributed by atoms with van der Waals surface area (Å²) in [5, 5.41) is 3.27. The van der Waals surface area contributed by atoms with Crippen molar-refractivity contribution in [3.05, 3.63) is 34.9 Å². The Balaban J connectivity index is 2.15. The molecule has 0 spiro atoms. The van der Waals surface area contributed by atoms with Gasteiger partial charge in [0.05, 0.1) is 19.1 Å². The van der Waals surface area contributed by atoms with Gasteiger partial charge in [-0.2, -0.15) is 0 Å². The average molecular weight is 317 g/mol. The number of ether oxygens (including phenoxy) is 1. The maximum atomic E-state index is 12.9. The first-order valence-corrected chi connectivity index (χ1v) is 8.62. The van der Waals surface area contributed by atoms with Crippen molar-refractivity contribution in [2.24, 2.45) is 0 Å². The Labute approximate surface area is 138 Å². The molecule has 0 radical (unpaired) electrons. The lowest BCUT2D eigenvalue weighted by atomic mass is 9.97. The molecule has 0 aliphatic heterocycles. The van der Waals surface area contributed by atoms with Crippen LogP contribution in [0.2, 0.25) is 0 Å². The van der Waals surface area contributed by atoms with Gasteiger partial charge in [-0.05, 0) is 56.7 Å². The molecular weight excluding hydrogens is 290 g/mol. The standard InChI is InChI=1S/C19H27NO3/c1-4-13(3)20-17(12-18(21)23-5-2)19(22)16-10-9-14-7-6-8-15(14)11-16/h9-11,13,17,20H,4-8,12H2,1-3H3. The lowest BCUT2D eigenvalue weighted by molar-refractivity contribution is -0.143. The number of fused-ring (bicyclic) bond motifs is 1. The molecule has 0 fully saturated rings. The molecule has 0 bridgehead atoms. The number of carbonyl (C=O) groups excluding carboxylic acids is 2. The van der Waals surface area contributed by atoms with Crippen LogP contribution in [-0.4, -0.2) is 30.4 Å². The maximum Gasteiger partial charge on any atom is 0.307 e. The largest absolute Gasteiger partial charge is 0.466 e. The quantitative estimate of drug-likeness (QED) is 0.591. The molecule has 126 valence electrons. The van der Waals surface area contributed by atoms with Crippen molar-refractivity contribution >= 4 is 11.8 Å². The predicted octanol–water partition coefficient (Wildman–Crippen LogP) is 3.07. The summed E-state index contributed by atoms with van der Waals surface area (Å²) in [5.74, 6) is -0.351. The minimum atomic E-state index is -0.525. The number of ketones is 1. The van der Waals surface area contributed by atoms with Gasteiger partial charge in [0.1, 0.15) is 0 Å². The van der Waals surface area contributed by atoms with E-state index in [1.165, 1.54) is 11.1 Å². The summed E-state index contributed by atoms with van der Waals surface area (Å²) in [6.07, 6.45) is 4.27. The number of nitrogens with one attached hydrogen (secondary N) is 1. The summed E-state index contributed by atoms with van der Waals surface area (Å²) in [5.41, 5.74) is 3.31. The van der Waals surface area contributed by atoms with Crippen LogP contribution in [-0.2, 0) is 22.4 Å². The third-order valence-electron chi connectivity index (χ3n) is 4.47. The number of Topliss-reactive ketones (excluding diaryl/α,β-unsaturated/α-hetero) is 1. The van der Waals surface area contributed by atoms with Crippen LogP contribution in [0.25, 0.3) is 0 Å². The monoisotopic (exact) mass is 317 g/mol. The van der Waals surface area contributed by atoms with E-state index in [1.807, 2.05) is 19.1 Å². The smallest absolute Gasteiger partial charge is 0.307 e. The summed E-state index contributed by atoms with van der Waals surface area (Å²) in [7, 11) is 0. The third kappa shape index (κ3) is 4.64. The Hall–Kier alpha value is -1.68. The fraction of sp³-hybridized carbons (Fsp3) is 0.579. The summed E-state index contributed by atoms with van der Waals surface area (Å²) in [6, 6.07) is 5.60. The van der Waals surface area contributed by atoms with Crippen LogP contribution in [0.4, 0.5) is 0 Å². The summed E-state index contributed by atoms with van der Waals surface area (Å²) < 4.78 is 5.02. The van der Waals surface area contributed by atoms with Crippen molar-refractivity contribution in [2.45, 2.75) is 65.0 Å². The Morgan fingerprint density at radius 2 is 1.96 bits per heavy atom. The minimum Gasteiger partial charge on any atom is -0.466 e. The number of rotatable bonds is 8. The van der Waals surface area contributed by atoms with Gasteiger partial charge in [-0.25, -0.2) is 0 Å². The molecule has 1 N–H and O–H groups in total. The van der Waals surface area contributed by atoms with E-state index >= 15 is 0 Å². The molecule has 1 aromatic carbocycles. The molecule has 2 atom stereocenters. The predicted molar refractivity (Wildman–Crippen MR) is 90.7 cm³/mol. The lowest BCUT2D eigenvalue weighted by Crippen LogP contribution is -2.43. The Morgan fingerprint density at radius 3 is 2.65 bits per heavy atom. The van der Waals surface area contributed by atoms with E-state index in [0.717, 1.165) is 25.7 Å². The molecule has 0 amide bonds. The molecule has 4 nitrogen and oxygen atoms in total. The molecule has 0 aromatic heterocycles. The molecule has 4 heteroatoms. The van der Waals surface area contributed by atoms with E-state index in [4.69, 9.17) is 4.74 Å². The molecule has 23 heavy (non-hydrogen) atoms. The first-order valence-electron chi connectivity index (χ1n) is 8.62. The first kappa shape index (κ1) is 17.7. The molecule has 2 unspecified atom stereocenters. The number of hydrogen-bond acceptors (Lipinski definition) is 4. The normalized spacial score (nSPS) is 15.8. The van der Waals surface area contributed by atoms with Gasteiger partial charge in [0.15, 0.2) is 5.78 Å². The Bertz CT molecular complexity index is 568. The van der Waals surface area contributed by atoms with Gasteiger partial charge in [0.2, 0.25) is 0 Å². The highest BCUT2D eigenvalue weighted by Gasteiger charge is 2.25. The molecule has 1 aromatic rings. The Kier molecular flexibility index (Phi) is 6.34. The first-order chi connectivity index (χ1) is 11.0. The second-order valence-electron chi connectivity index (χ2n) is 6.24. The zero-order valence-corrected chi connectivity index (χ0v) is 14.4. The highest BCUT2D eigenvalue weighted by Crippen LogP contribution is 2.23. The van der Waals surface area contributed by atoms with E-state index in [0.29, 0.717) is 12.2 Å². The van der Waals surface area contributed by atoms with E-state index in [2.05, 4.69) is 18.3 Å². The third-order valence-corrected chi connectivity index (χ3v) is 4.47. The summed E-state index contributed by atoms with van der Waals surface area (Å²) in [4.78, 5) is 24.7. The van der Waals surface area contributed by atoms with Gasteiger partial charge >= 0.3 is 5.97 Å².